The Bertz CT molecular complexity index is 947. The van der Waals surface area contributed by atoms with Crippen LogP contribution in [0.3, 0.4) is 0 Å². The zero-order valence-corrected chi connectivity index (χ0v) is 16.5. The predicted molar refractivity (Wildman–Crippen MR) is 107 cm³/mol. The Morgan fingerprint density at radius 1 is 1.32 bits per heavy atom. The van der Waals surface area contributed by atoms with E-state index in [0.29, 0.717) is 0 Å². The van der Waals surface area contributed by atoms with Crippen molar-refractivity contribution in [2.75, 3.05) is 20.1 Å². The molecule has 0 atom stereocenters. The average Bonchev–Trinajstić information content (AvgIpc) is 3.23. The van der Waals surface area contributed by atoms with Crippen LogP contribution in [0.2, 0.25) is 0 Å². The van der Waals surface area contributed by atoms with E-state index in [2.05, 4.69) is 36.4 Å². The molecule has 1 fully saturated rings. The van der Waals surface area contributed by atoms with Crippen molar-refractivity contribution >= 4 is 32.9 Å². The van der Waals surface area contributed by atoms with Gasteiger partial charge in [-0.25, -0.2) is 4.98 Å². The summed E-state index contributed by atoms with van der Waals surface area (Å²) >= 11 is 3.38. The lowest BCUT2D eigenvalue weighted by Gasteiger charge is -2.31. The number of hydrogen-bond acceptors (Lipinski definition) is 5. The third-order valence-corrected chi connectivity index (χ3v) is 7.26. The lowest BCUT2D eigenvalue weighted by atomic mass is 10.0. The molecule has 1 aliphatic heterocycles. The highest BCUT2D eigenvalue weighted by Crippen LogP contribution is 2.39. The summed E-state index contributed by atoms with van der Waals surface area (Å²) < 4.78 is 1.97. The van der Waals surface area contributed by atoms with E-state index in [0.717, 1.165) is 54.0 Å². The van der Waals surface area contributed by atoms with Crippen molar-refractivity contribution in [3.63, 3.8) is 0 Å². The second-order valence-electron chi connectivity index (χ2n) is 6.78. The summed E-state index contributed by atoms with van der Waals surface area (Å²) in [6.07, 6.45) is 2.97. The molecule has 1 aliphatic rings. The van der Waals surface area contributed by atoms with Crippen LogP contribution in [0.1, 0.15) is 36.5 Å². The van der Waals surface area contributed by atoms with Gasteiger partial charge in [-0.1, -0.05) is 13.0 Å². The maximum Gasteiger partial charge on any atom is 0.263 e. The average molecular weight is 374 g/mol. The molecule has 0 spiro atoms. The Morgan fingerprint density at radius 3 is 2.72 bits per heavy atom. The predicted octanol–water partition coefficient (Wildman–Crippen LogP) is 4.32. The van der Waals surface area contributed by atoms with E-state index in [-0.39, 0.29) is 11.6 Å². The Labute approximate surface area is 155 Å². The van der Waals surface area contributed by atoms with Crippen LogP contribution < -0.4 is 5.56 Å². The van der Waals surface area contributed by atoms with E-state index in [9.17, 15) is 4.79 Å². The summed E-state index contributed by atoms with van der Waals surface area (Å²) in [4.78, 5) is 24.0. The molecule has 132 valence electrons. The van der Waals surface area contributed by atoms with Crippen molar-refractivity contribution in [3.8, 4) is 10.4 Å². The molecule has 3 aromatic rings. The third kappa shape index (κ3) is 2.86. The molecule has 3 aromatic heterocycles. The van der Waals surface area contributed by atoms with Crippen molar-refractivity contribution in [2.24, 2.45) is 0 Å². The van der Waals surface area contributed by atoms with Crippen LogP contribution in [0.25, 0.3) is 20.7 Å². The first-order valence-corrected chi connectivity index (χ1v) is 10.6. The van der Waals surface area contributed by atoms with Crippen molar-refractivity contribution < 1.29 is 0 Å². The van der Waals surface area contributed by atoms with Gasteiger partial charge in [0.05, 0.1) is 5.39 Å². The SMILES string of the molecule is CCc1sc2nc(C)n(C3CCN(C)CC3)c(=O)c2c1-c1cccs1. The Morgan fingerprint density at radius 2 is 2.08 bits per heavy atom. The van der Waals surface area contributed by atoms with Crippen LogP contribution in [0.5, 0.6) is 0 Å². The first-order valence-electron chi connectivity index (χ1n) is 8.87. The number of likely N-dealkylation sites (tertiary alicyclic amines) is 1. The Kier molecular flexibility index (Phi) is 4.52. The molecule has 6 heteroatoms. The standard InChI is InChI=1S/C19H23N3OS2/c1-4-14-16(15-6-5-11-24-15)17-18(25-14)20-12(2)22(19(17)23)13-7-9-21(3)10-8-13/h5-6,11,13H,4,7-10H2,1-3H3. The third-order valence-electron chi connectivity index (χ3n) is 5.15. The smallest absolute Gasteiger partial charge is 0.263 e. The van der Waals surface area contributed by atoms with Crippen LogP contribution >= 0.6 is 22.7 Å². The number of aromatic nitrogens is 2. The lowest BCUT2D eigenvalue weighted by Crippen LogP contribution is -2.36. The van der Waals surface area contributed by atoms with Gasteiger partial charge in [-0.3, -0.25) is 9.36 Å². The van der Waals surface area contributed by atoms with Crippen molar-refractivity contribution in [1.82, 2.24) is 14.5 Å². The quantitative estimate of drug-likeness (QED) is 0.686. The fourth-order valence-corrected chi connectivity index (χ4v) is 5.85. The molecule has 0 aliphatic carbocycles. The van der Waals surface area contributed by atoms with E-state index in [1.54, 1.807) is 22.7 Å². The maximum absolute atomic E-state index is 13.5. The van der Waals surface area contributed by atoms with Gasteiger partial charge >= 0.3 is 0 Å². The summed E-state index contributed by atoms with van der Waals surface area (Å²) in [5.74, 6) is 0.855. The van der Waals surface area contributed by atoms with Gasteiger partial charge in [0, 0.05) is 21.4 Å². The van der Waals surface area contributed by atoms with E-state index in [1.807, 2.05) is 11.5 Å². The summed E-state index contributed by atoms with van der Waals surface area (Å²) in [6, 6.07) is 4.44. The summed E-state index contributed by atoms with van der Waals surface area (Å²) in [6.45, 7) is 6.21. The molecule has 0 bridgehead atoms. The molecule has 4 rings (SSSR count). The fraction of sp³-hybridized carbons (Fsp3) is 0.474. The van der Waals surface area contributed by atoms with Crippen molar-refractivity contribution in [3.05, 3.63) is 38.6 Å². The lowest BCUT2D eigenvalue weighted by molar-refractivity contribution is 0.216. The highest BCUT2D eigenvalue weighted by Gasteiger charge is 2.25. The van der Waals surface area contributed by atoms with Crippen LogP contribution in [0, 0.1) is 6.92 Å². The molecule has 0 N–H and O–H groups in total. The second-order valence-corrected chi connectivity index (χ2v) is 8.81. The zero-order chi connectivity index (χ0) is 17.6. The monoisotopic (exact) mass is 373 g/mol. The minimum atomic E-state index is 0.149. The molecule has 4 heterocycles. The highest BCUT2D eigenvalue weighted by molar-refractivity contribution is 7.20. The van der Waals surface area contributed by atoms with Gasteiger partial charge in [-0.2, -0.15) is 0 Å². The summed E-state index contributed by atoms with van der Waals surface area (Å²) in [7, 11) is 2.15. The number of aryl methyl sites for hydroxylation is 2. The topological polar surface area (TPSA) is 38.1 Å². The second kappa shape index (κ2) is 6.67. The highest BCUT2D eigenvalue weighted by atomic mass is 32.1. The van der Waals surface area contributed by atoms with Crippen LogP contribution in [-0.2, 0) is 6.42 Å². The van der Waals surface area contributed by atoms with Crippen LogP contribution in [0.15, 0.2) is 22.3 Å². The van der Waals surface area contributed by atoms with Gasteiger partial charge in [0.2, 0.25) is 0 Å². The van der Waals surface area contributed by atoms with E-state index in [1.165, 1.54) is 9.75 Å². The number of hydrogen-bond donors (Lipinski definition) is 0. The fourth-order valence-electron chi connectivity index (χ4n) is 3.82. The first kappa shape index (κ1) is 16.9. The molecule has 0 unspecified atom stereocenters. The van der Waals surface area contributed by atoms with Crippen molar-refractivity contribution in [1.29, 1.82) is 0 Å². The van der Waals surface area contributed by atoms with Gasteiger partial charge in [0.15, 0.2) is 0 Å². The molecule has 0 aromatic carbocycles. The maximum atomic E-state index is 13.5. The minimum absolute atomic E-state index is 0.149. The Balaban J connectivity index is 1.94. The Hall–Kier alpha value is -1.50. The van der Waals surface area contributed by atoms with E-state index in [4.69, 9.17) is 4.98 Å². The number of nitrogens with zero attached hydrogens (tertiary/aromatic N) is 3. The van der Waals surface area contributed by atoms with Crippen LogP contribution in [-0.4, -0.2) is 34.6 Å². The molecule has 0 radical (unpaired) electrons. The number of thiophene rings is 2. The summed E-state index contributed by atoms with van der Waals surface area (Å²) in [5.41, 5.74) is 1.27. The molecule has 0 amide bonds. The molecular weight excluding hydrogens is 350 g/mol. The molecule has 0 saturated carbocycles. The van der Waals surface area contributed by atoms with Gasteiger partial charge in [-0.05, 0) is 57.8 Å². The molecule has 25 heavy (non-hydrogen) atoms. The van der Waals surface area contributed by atoms with Crippen LogP contribution in [0.4, 0.5) is 0 Å². The molecule has 4 nitrogen and oxygen atoms in total. The summed E-state index contributed by atoms with van der Waals surface area (Å²) in [5, 5.41) is 2.91. The first-order chi connectivity index (χ1) is 12.1. The van der Waals surface area contributed by atoms with E-state index < -0.39 is 0 Å². The molecular formula is C19H23N3OS2. The normalized spacial score (nSPS) is 16.8. The number of rotatable bonds is 3. The van der Waals surface area contributed by atoms with Gasteiger partial charge in [-0.15, -0.1) is 22.7 Å². The van der Waals surface area contributed by atoms with Gasteiger partial charge < -0.3 is 4.90 Å². The zero-order valence-electron chi connectivity index (χ0n) is 14.9. The largest absolute Gasteiger partial charge is 0.306 e. The van der Waals surface area contributed by atoms with Crippen molar-refractivity contribution in [2.45, 2.75) is 39.2 Å². The number of piperidine rings is 1. The number of fused-ring (bicyclic) bond motifs is 1. The molecule has 1 saturated heterocycles. The van der Waals surface area contributed by atoms with E-state index >= 15 is 0 Å². The minimum Gasteiger partial charge on any atom is -0.306 e. The van der Waals surface area contributed by atoms with Gasteiger partial charge in [0.1, 0.15) is 10.7 Å². The van der Waals surface area contributed by atoms with Gasteiger partial charge in [0.25, 0.3) is 5.56 Å².